The molecule has 0 fully saturated rings. The zero-order chi connectivity index (χ0) is 20.8. The number of benzene rings is 1. The van der Waals surface area contributed by atoms with Gasteiger partial charge in [-0.1, -0.05) is 13.3 Å². The number of imidazole rings is 1. The zero-order valence-corrected chi connectivity index (χ0v) is 21.0. The molecule has 7 nitrogen and oxygen atoms in total. The van der Waals surface area contributed by atoms with E-state index in [2.05, 4.69) is 21.9 Å². The van der Waals surface area contributed by atoms with E-state index in [-0.39, 0.29) is 43.0 Å². The van der Waals surface area contributed by atoms with Gasteiger partial charge in [0.05, 0.1) is 47.0 Å². The number of nitrogens with one attached hydrogen (secondary N) is 1. The van der Waals surface area contributed by atoms with Crippen molar-refractivity contribution < 1.29 is 49.4 Å². The molecule has 0 spiro atoms. The fourth-order valence-corrected chi connectivity index (χ4v) is 3.93. The fourth-order valence-electron chi connectivity index (χ4n) is 2.83. The Morgan fingerprint density at radius 2 is 2.10 bits per heavy atom. The first kappa shape index (κ1) is 24.8. The quantitative estimate of drug-likeness (QED) is 0.289. The van der Waals surface area contributed by atoms with Gasteiger partial charge in [0.15, 0.2) is 11.4 Å². The van der Waals surface area contributed by atoms with Gasteiger partial charge in [0.1, 0.15) is 11.5 Å². The molecule has 0 saturated carbocycles. The van der Waals surface area contributed by atoms with Crippen LogP contribution in [-0.4, -0.2) is 39.2 Å². The summed E-state index contributed by atoms with van der Waals surface area (Å²) in [6.07, 6.45) is 3.38. The maximum atomic E-state index is 12.9. The number of aromatic amines is 1. The third-order valence-corrected chi connectivity index (χ3v) is 5.71. The van der Waals surface area contributed by atoms with Gasteiger partial charge < -0.3 is 20.6 Å². The van der Waals surface area contributed by atoms with Crippen LogP contribution >= 0.6 is 0 Å². The van der Waals surface area contributed by atoms with Gasteiger partial charge in [0.25, 0.3) is 0 Å². The summed E-state index contributed by atoms with van der Waals surface area (Å²) in [6, 6.07) is 7.30. The van der Waals surface area contributed by atoms with Gasteiger partial charge in [-0.3, -0.25) is 9.19 Å². The molecular formula is C21H28N3NaO4S. The van der Waals surface area contributed by atoms with E-state index in [1.54, 1.807) is 19.4 Å². The summed E-state index contributed by atoms with van der Waals surface area (Å²) in [4.78, 5) is 11.9. The third kappa shape index (κ3) is 6.28. The second-order valence-corrected chi connectivity index (χ2v) is 8.07. The van der Waals surface area contributed by atoms with Gasteiger partial charge in [0.2, 0.25) is 0 Å². The van der Waals surface area contributed by atoms with Crippen molar-refractivity contribution in [2.24, 2.45) is 0 Å². The van der Waals surface area contributed by atoms with E-state index in [1.165, 1.54) is 0 Å². The number of methoxy groups -OCH3 is 1. The Morgan fingerprint density at radius 3 is 2.83 bits per heavy atom. The van der Waals surface area contributed by atoms with Crippen molar-refractivity contribution in [1.29, 1.82) is 0 Å². The smallest absolute Gasteiger partial charge is 1.00 e. The van der Waals surface area contributed by atoms with Crippen LogP contribution in [0.1, 0.15) is 39.4 Å². The number of fused-ring (bicyclic) bond motifs is 1. The molecule has 3 aromatic rings. The van der Waals surface area contributed by atoms with Crippen LogP contribution in [0.4, 0.5) is 0 Å². The van der Waals surface area contributed by atoms with Crippen LogP contribution in [0.2, 0.25) is 0 Å². The molecule has 1 aromatic carbocycles. The number of ether oxygens (including phenoxy) is 3. The number of hydrogen-bond donors (Lipinski definition) is 1. The first-order valence-corrected chi connectivity index (χ1v) is 11.0. The van der Waals surface area contributed by atoms with E-state index in [0.717, 1.165) is 35.2 Å². The van der Waals surface area contributed by atoms with Crippen LogP contribution in [0, 0.1) is 6.92 Å². The maximum absolute atomic E-state index is 12.9. The van der Waals surface area contributed by atoms with Crippen molar-refractivity contribution in [2.45, 2.75) is 50.8 Å². The topological polar surface area (TPSA) is 86.3 Å². The van der Waals surface area contributed by atoms with Crippen LogP contribution in [0.3, 0.4) is 0 Å². The molecule has 2 aromatic heterocycles. The molecule has 0 saturated heterocycles. The van der Waals surface area contributed by atoms with E-state index in [9.17, 15) is 4.21 Å². The van der Waals surface area contributed by atoms with Gasteiger partial charge in [0, 0.05) is 17.8 Å². The number of rotatable bonds is 10. The number of aromatic nitrogens is 3. The molecule has 2 atom stereocenters. The second-order valence-electron chi connectivity index (χ2n) is 6.71. The molecule has 3 rings (SSSR count). The largest absolute Gasteiger partial charge is 1.00 e. The first-order valence-electron chi connectivity index (χ1n) is 9.66. The Hall–Kier alpha value is -1.45. The van der Waals surface area contributed by atoms with Crippen LogP contribution in [0.5, 0.6) is 11.5 Å². The number of pyridine rings is 1. The van der Waals surface area contributed by atoms with Gasteiger partial charge in [-0.05, 0) is 38.5 Å². The molecule has 158 valence electrons. The molecule has 2 heterocycles. The summed E-state index contributed by atoms with van der Waals surface area (Å²) >= 11 is 0. The van der Waals surface area contributed by atoms with Gasteiger partial charge in [-0.15, -0.1) is 0 Å². The predicted octanol–water partition coefficient (Wildman–Crippen LogP) is 1.24. The molecule has 2 unspecified atom stereocenters. The van der Waals surface area contributed by atoms with Crippen molar-refractivity contribution in [1.82, 2.24) is 15.0 Å². The summed E-state index contributed by atoms with van der Waals surface area (Å²) < 4.78 is 29.7. The fraction of sp³-hybridized carbons (Fsp3) is 0.429. The standard InChI is InChI=1S/C21H27N3O4S.Na.H/c1-5-6-11-27-15(3)28-20-9-10-22-19(14(20)2)13-29(25)21-23-17-8-7-16(26-4)12-18(17)24-21;;/h7-10,12,15H,5-6,11,13H2,1-4H3,(H,23,24);;/q;+1;-1. The Labute approximate surface area is 203 Å². The average Bonchev–Trinajstić information content (AvgIpc) is 3.14. The summed E-state index contributed by atoms with van der Waals surface area (Å²) in [6.45, 7) is 6.56. The van der Waals surface area contributed by atoms with Crippen LogP contribution in [0.15, 0.2) is 35.6 Å². The summed E-state index contributed by atoms with van der Waals surface area (Å²) in [7, 11) is 0.237. The Morgan fingerprint density at radius 1 is 1.30 bits per heavy atom. The normalized spacial score (nSPS) is 12.9. The average molecular weight is 442 g/mol. The van der Waals surface area contributed by atoms with E-state index < -0.39 is 10.8 Å². The van der Waals surface area contributed by atoms with Crippen molar-refractivity contribution >= 4 is 21.8 Å². The number of hydrogen-bond acceptors (Lipinski definition) is 6. The van der Waals surface area contributed by atoms with Gasteiger partial charge in [-0.2, -0.15) is 0 Å². The molecule has 0 amide bonds. The van der Waals surface area contributed by atoms with E-state index >= 15 is 0 Å². The minimum atomic E-state index is -1.37. The summed E-state index contributed by atoms with van der Waals surface area (Å²) in [5.41, 5.74) is 3.09. The number of unbranched alkanes of at least 4 members (excludes halogenated alkanes) is 1. The van der Waals surface area contributed by atoms with Crippen LogP contribution in [-0.2, 0) is 21.3 Å². The Balaban J connectivity index is 0.00000240. The molecule has 0 aliphatic heterocycles. The van der Waals surface area contributed by atoms with Crippen molar-refractivity contribution in [3.63, 3.8) is 0 Å². The molecular weight excluding hydrogens is 413 g/mol. The Kier molecular flexibility index (Phi) is 9.77. The van der Waals surface area contributed by atoms with E-state index in [1.807, 2.05) is 32.0 Å². The van der Waals surface area contributed by atoms with E-state index in [4.69, 9.17) is 14.2 Å². The molecule has 9 heteroatoms. The molecule has 0 radical (unpaired) electrons. The molecule has 30 heavy (non-hydrogen) atoms. The third-order valence-electron chi connectivity index (χ3n) is 4.55. The van der Waals surface area contributed by atoms with Crippen molar-refractivity contribution in [3.05, 3.63) is 41.7 Å². The van der Waals surface area contributed by atoms with Crippen LogP contribution in [0.25, 0.3) is 11.0 Å². The van der Waals surface area contributed by atoms with Crippen LogP contribution < -0.4 is 39.0 Å². The number of nitrogens with zero attached hydrogens (tertiary/aromatic N) is 2. The van der Waals surface area contributed by atoms with Crippen molar-refractivity contribution in [3.8, 4) is 11.5 Å². The minimum Gasteiger partial charge on any atom is -1.00 e. The monoisotopic (exact) mass is 441 g/mol. The molecule has 0 bridgehead atoms. The predicted molar refractivity (Wildman–Crippen MR) is 114 cm³/mol. The van der Waals surface area contributed by atoms with E-state index in [0.29, 0.717) is 23.2 Å². The SMILES string of the molecule is CCCCOC(C)Oc1ccnc(CS(=O)c2nc3ccc(OC)cc3[nH]2)c1C.[H-].[Na+]. The molecule has 1 N–H and O–H groups in total. The minimum absolute atomic E-state index is 0. The maximum Gasteiger partial charge on any atom is 1.00 e. The summed E-state index contributed by atoms with van der Waals surface area (Å²) in [5.74, 6) is 1.65. The summed E-state index contributed by atoms with van der Waals surface area (Å²) in [5, 5.41) is 0.414. The molecule has 0 aliphatic rings. The van der Waals surface area contributed by atoms with Gasteiger partial charge in [-0.25, -0.2) is 4.98 Å². The zero-order valence-electron chi connectivity index (χ0n) is 19.2. The number of H-pyrrole nitrogens is 1. The van der Waals surface area contributed by atoms with Gasteiger partial charge >= 0.3 is 29.6 Å². The first-order chi connectivity index (χ1) is 14.0. The molecule has 0 aliphatic carbocycles. The van der Waals surface area contributed by atoms with Crippen molar-refractivity contribution in [2.75, 3.05) is 13.7 Å². The Bertz CT molecular complexity index is 1000. The second kappa shape index (κ2) is 11.8.